The van der Waals surface area contributed by atoms with Gasteiger partial charge in [-0.05, 0) is 69.0 Å². The zero-order valence-electron chi connectivity index (χ0n) is 21.5. The van der Waals surface area contributed by atoms with Crippen molar-refractivity contribution < 1.29 is 22.7 Å². The molecule has 2 aromatic rings. The molecule has 0 fully saturated rings. The molecule has 0 radical (unpaired) electrons. The normalized spacial score (nSPS) is 12.1. The molecule has 0 aliphatic carbocycles. The largest absolute Gasteiger partial charge is 0.497 e. The zero-order chi connectivity index (χ0) is 26.2. The standard InChI is InChI=1S/C26H37N3O5S/c1-7-27-26(31)21(4)28(18-22-12-14-23(34-5)15-13-22)25(30)9-8-16-29(35(6,32)33)24-17-19(2)10-11-20(24)3/h10-15,17,21H,7-9,16,18H2,1-6H3,(H,27,31)/t21-/m0/s1. The number of aryl methyl sites for hydroxylation is 2. The van der Waals surface area contributed by atoms with E-state index >= 15 is 0 Å². The molecule has 0 aliphatic heterocycles. The quantitative estimate of drug-likeness (QED) is 0.479. The van der Waals surface area contributed by atoms with E-state index in [9.17, 15) is 18.0 Å². The predicted molar refractivity (Wildman–Crippen MR) is 139 cm³/mol. The van der Waals surface area contributed by atoms with Gasteiger partial charge in [-0.1, -0.05) is 24.3 Å². The molecule has 0 unspecified atom stereocenters. The van der Waals surface area contributed by atoms with Gasteiger partial charge in [0.1, 0.15) is 11.8 Å². The second-order valence-corrected chi connectivity index (χ2v) is 10.6. The van der Waals surface area contributed by atoms with E-state index in [2.05, 4.69) is 5.32 Å². The summed E-state index contributed by atoms with van der Waals surface area (Å²) < 4.78 is 31.6. The van der Waals surface area contributed by atoms with E-state index in [0.717, 1.165) is 16.7 Å². The van der Waals surface area contributed by atoms with Crippen molar-refractivity contribution in [1.82, 2.24) is 10.2 Å². The van der Waals surface area contributed by atoms with Crippen LogP contribution in [0.5, 0.6) is 5.75 Å². The maximum atomic E-state index is 13.3. The summed E-state index contributed by atoms with van der Waals surface area (Å²) in [5.74, 6) is 0.257. The van der Waals surface area contributed by atoms with Crippen LogP contribution in [0.25, 0.3) is 0 Å². The SMILES string of the molecule is CCNC(=O)[C@H](C)N(Cc1ccc(OC)cc1)C(=O)CCCN(c1cc(C)ccc1C)S(C)(=O)=O. The van der Waals surface area contributed by atoms with Gasteiger partial charge in [-0.2, -0.15) is 0 Å². The van der Waals surface area contributed by atoms with Crippen LogP contribution in [0.15, 0.2) is 42.5 Å². The van der Waals surface area contributed by atoms with Crippen LogP contribution in [0.4, 0.5) is 5.69 Å². The highest BCUT2D eigenvalue weighted by molar-refractivity contribution is 7.92. The summed E-state index contributed by atoms with van der Waals surface area (Å²) in [5, 5.41) is 2.77. The molecule has 8 nitrogen and oxygen atoms in total. The number of carbonyl (C=O) groups excluding carboxylic acids is 2. The second-order valence-electron chi connectivity index (χ2n) is 8.67. The second kappa shape index (κ2) is 12.6. The molecule has 0 saturated heterocycles. The number of benzene rings is 2. The molecule has 192 valence electrons. The lowest BCUT2D eigenvalue weighted by Crippen LogP contribution is -2.47. The Hall–Kier alpha value is -3.07. The van der Waals surface area contributed by atoms with Crippen molar-refractivity contribution in [2.45, 2.75) is 53.1 Å². The van der Waals surface area contributed by atoms with Crippen molar-refractivity contribution in [2.75, 3.05) is 30.8 Å². The summed E-state index contributed by atoms with van der Waals surface area (Å²) in [6.07, 6.45) is 1.60. The van der Waals surface area contributed by atoms with Gasteiger partial charge in [-0.25, -0.2) is 8.42 Å². The zero-order valence-corrected chi connectivity index (χ0v) is 22.3. The summed E-state index contributed by atoms with van der Waals surface area (Å²) in [6, 6.07) is 12.3. The third-order valence-corrected chi connectivity index (χ3v) is 7.00. The van der Waals surface area contributed by atoms with E-state index in [4.69, 9.17) is 4.74 Å². The molecule has 2 aromatic carbocycles. The molecule has 0 bridgehead atoms. The molecule has 0 heterocycles. The van der Waals surface area contributed by atoms with Crippen molar-refractivity contribution in [1.29, 1.82) is 0 Å². The monoisotopic (exact) mass is 503 g/mol. The fourth-order valence-corrected chi connectivity index (χ4v) is 4.82. The molecular formula is C26H37N3O5S. The van der Waals surface area contributed by atoms with E-state index in [0.29, 0.717) is 24.4 Å². The highest BCUT2D eigenvalue weighted by Crippen LogP contribution is 2.25. The fourth-order valence-electron chi connectivity index (χ4n) is 3.80. The Morgan fingerprint density at radius 1 is 1.09 bits per heavy atom. The van der Waals surface area contributed by atoms with Gasteiger partial charge in [0, 0.05) is 26.1 Å². The van der Waals surface area contributed by atoms with Crippen LogP contribution < -0.4 is 14.4 Å². The van der Waals surface area contributed by atoms with Crippen molar-refractivity contribution in [2.24, 2.45) is 0 Å². The number of amides is 2. The maximum Gasteiger partial charge on any atom is 0.242 e. The van der Waals surface area contributed by atoms with Gasteiger partial charge in [0.25, 0.3) is 0 Å². The predicted octanol–water partition coefficient (Wildman–Crippen LogP) is 3.41. The molecule has 0 aromatic heterocycles. The van der Waals surface area contributed by atoms with Crippen molar-refractivity contribution in [3.8, 4) is 5.75 Å². The van der Waals surface area contributed by atoms with Crippen molar-refractivity contribution in [3.05, 3.63) is 59.2 Å². The van der Waals surface area contributed by atoms with E-state index in [1.54, 1.807) is 14.0 Å². The number of anilines is 1. The van der Waals surface area contributed by atoms with Crippen LogP contribution >= 0.6 is 0 Å². The van der Waals surface area contributed by atoms with Crippen LogP contribution in [0.3, 0.4) is 0 Å². The van der Waals surface area contributed by atoms with Gasteiger partial charge in [0.2, 0.25) is 21.8 Å². The molecule has 1 N–H and O–H groups in total. The number of sulfonamides is 1. The molecule has 0 spiro atoms. The lowest BCUT2D eigenvalue weighted by molar-refractivity contribution is -0.140. The lowest BCUT2D eigenvalue weighted by Gasteiger charge is -2.29. The average molecular weight is 504 g/mol. The number of likely N-dealkylation sites (N-methyl/N-ethyl adjacent to an activating group) is 1. The molecule has 35 heavy (non-hydrogen) atoms. The van der Waals surface area contributed by atoms with Gasteiger partial charge in [-0.15, -0.1) is 0 Å². The molecule has 2 amide bonds. The summed E-state index contributed by atoms with van der Waals surface area (Å²) in [5.41, 5.74) is 3.28. The van der Waals surface area contributed by atoms with Gasteiger partial charge in [-0.3, -0.25) is 13.9 Å². The summed E-state index contributed by atoms with van der Waals surface area (Å²) in [4.78, 5) is 27.3. The Balaban J connectivity index is 2.19. The Morgan fingerprint density at radius 2 is 1.74 bits per heavy atom. The number of hydrogen-bond donors (Lipinski definition) is 1. The van der Waals surface area contributed by atoms with E-state index in [1.807, 2.05) is 63.2 Å². The average Bonchev–Trinajstić information content (AvgIpc) is 2.81. The Morgan fingerprint density at radius 3 is 2.31 bits per heavy atom. The van der Waals surface area contributed by atoms with Crippen molar-refractivity contribution in [3.63, 3.8) is 0 Å². The topological polar surface area (TPSA) is 96.0 Å². The smallest absolute Gasteiger partial charge is 0.242 e. The number of hydrogen-bond acceptors (Lipinski definition) is 5. The molecule has 2 rings (SSSR count). The lowest BCUT2D eigenvalue weighted by atomic mass is 10.1. The minimum absolute atomic E-state index is 0.108. The van der Waals surface area contributed by atoms with Gasteiger partial charge in [0.05, 0.1) is 19.1 Å². The summed E-state index contributed by atoms with van der Waals surface area (Å²) >= 11 is 0. The van der Waals surface area contributed by atoms with Gasteiger partial charge >= 0.3 is 0 Å². The van der Waals surface area contributed by atoms with Crippen LogP contribution in [0, 0.1) is 13.8 Å². The molecule has 0 saturated carbocycles. The number of carbonyl (C=O) groups is 2. The third-order valence-electron chi connectivity index (χ3n) is 5.82. The Labute approximate surface area is 209 Å². The number of nitrogens with one attached hydrogen (secondary N) is 1. The Bertz CT molecular complexity index is 1120. The highest BCUT2D eigenvalue weighted by atomic mass is 32.2. The van der Waals surface area contributed by atoms with Crippen LogP contribution in [-0.2, 0) is 26.2 Å². The molecular weight excluding hydrogens is 466 g/mol. The Kier molecular flexibility index (Phi) is 10.1. The maximum absolute atomic E-state index is 13.3. The van der Waals surface area contributed by atoms with Gasteiger partial charge < -0.3 is 15.0 Å². The van der Waals surface area contributed by atoms with Crippen LogP contribution in [0.1, 0.15) is 43.4 Å². The first-order chi connectivity index (χ1) is 16.5. The van der Waals surface area contributed by atoms with Crippen molar-refractivity contribution >= 4 is 27.5 Å². The minimum atomic E-state index is -3.54. The van der Waals surface area contributed by atoms with E-state index < -0.39 is 16.1 Å². The minimum Gasteiger partial charge on any atom is -0.497 e. The number of rotatable bonds is 12. The summed E-state index contributed by atoms with van der Waals surface area (Å²) in [7, 11) is -1.95. The number of nitrogens with zero attached hydrogens (tertiary/aromatic N) is 2. The van der Waals surface area contributed by atoms with E-state index in [1.165, 1.54) is 15.5 Å². The summed E-state index contributed by atoms with van der Waals surface area (Å²) in [6.45, 7) is 8.19. The molecule has 9 heteroatoms. The van der Waals surface area contributed by atoms with Gasteiger partial charge in [0.15, 0.2) is 0 Å². The van der Waals surface area contributed by atoms with Crippen LogP contribution in [0.2, 0.25) is 0 Å². The third kappa shape index (κ3) is 7.99. The van der Waals surface area contributed by atoms with Crippen LogP contribution in [-0.4, -0.2) is 57.6 Å². The number of methoxy groups -OCH3 is 1. The highest BCUT2D eigenvalue weighted by Gasteiger charge is 2.26. The first kappa shape index (κ1) is 28.2. The van der Waals surface area contributed by atoms with E-state index in [-0.39, 0.29) is 31.3 Å². The first-order valence-electron chi connectivity index (χ1n) is 11.7. The number of ether oxygens (including phenoxy) is 1. The molecule has 1 atom stereocenters. The molecule has 0 aliphatic rings. The fraction of sp³-hybridized carbons (Fsp3) is 0.462. The first-order valence-corrected chi connectivity index (χ1v) is 13.6.